The number of unbranched alkanes of at least 4 members (excludes halogenated alkanes) is 3. The number of thiocarbonyl (C=S) groups is 1. The van der Waals surface area contributed by atoms with E-state index in [0.29, 0.717) is 35.4 Å². The van der Waals surface area contributed by atoms with E-state index in [4.69, 9.17) is 44.9 Å². The topological polar surface area (TPSA) is 59.6 Å². The Hall–Kier alpha value is -2.02. The van der Waals surface area contributed by atoms with Crippen LogP contribution in [0.3, 0.4) is 0 Å². The van der Waals surface area contributed by atoms with Gasteiger partial charge < -0.3 is 20.1 Å². The summed E-state index contributed by atoms with van der Waals surface area (Å²) in [5.74, 6) is 1.12. The van der Waals surface area contributed by atoms with Crippen LogP contribution in [-0.4, -0.2) is 24.2 Å². The molecule has 5 nitrogen and oxygen atoms in total. The molecule has 0 aliphatic carbocycles. The number of carbonyl (C=O) groups is 1. The number of hydrogen-bond acceptors (Lipinski definition) is 4. The van der Waals surface area contributed by atoms with Gasteiger partial charge in [-0.15, -0.1) is 0 Å². The molecule has 0 aliphatic heterocycles. The number of halogens is 2. The monoisotopic (exact) mass is 482 g/mol. The van der Waals surface area contributed by atoms with E-state index >= 15 is 0 Å². The van der Waals surface area contributed by atoms with Crippen LogP contribution in [0.25, 0.3) is 0 Å². The maximum Gasteiger partial charge on any atom is 0.226 e. The molecule has 0 saturated heterocycles. The molecule has 0 bridgehead atoms. The molecule has 2 rings (SSSR count). The first-order valence-corrected chi connectivity index (χ1v) is 11.6. The lowest BCUT2D eigenvalue weighted by molar-refractivity contribution is -0.119. The number of anilines is 1. The van der Waals surface area contributed by atoms with Gasteiger partial charge in [0.2, 0.25) is 5.91 Å². The highest BCUT2D eigenvalue weighted by Crippen LogP contribution is 2.27. The molecule has 2 aromatic rings. The van der Waals surface area contributed by atoms with E-state index in [2.05, 4.69) is 17.6 Å². The molecule has 1 amide bonds. The van der Waals surface area contributed by atoms with Crippen molar-refractivity contribution in [2.24, 2.45) is 0 Å². The fraction of sp³-hybridized carbons (Fsp3) is 0.391. The molecular weight excluding hydrogens is 455 g/mol. The van der Waals surface area contributed by atoms with Crippen molar-refractivity contribution in [1.29, 1.82) is 0 Å². The van der Waals surface area contributed by atoms with Gasteiger partial charge in [0, 0.05) is 23.2 Å². The molecule has 8 heteroatoms. The zero-order chi connectivity index (χ0) is 22.5. The van der Waals surface area contributed by atoms with E-state index in [1.54, 1.807) is 18.2 Å². The van der Waals surface area contributed by atoms with Crippen LogP contribution in [0, 0.1) is 0 Å². The molecule has 168 valence electrons. The van der Waals surface area contributed by atoms with Crippen molar-refractivity contribution < 1.29 is 14.3 Å². The maximum absolute atomic E-state index is 12.1. The molecule has 0 aliphatic rings. The molecule has 2 aromatic carbocycles. The normalized spacial score (nSPS) is 10.4. The highest BCUT2D eigenvalue weighted by atomic mass is 35.5. The summed E-state index contributed by atoms with van der Waals surface area (Å²) in [6, 6.07) is 12.5. The van der Waals surface area contributed by atoms with E-state index < -0.39 is 0 Å². The van der Waals surface area contributed by atoms with E-state index in [1.165, 1.54) is 19.3 Å². The standard InChI is InChI=1S/C23H28Cl2N2O3S/c1-2-3-4-5-13-29-19-9-6-8-18(16-19)26-23(31)27-22(28)10-7-14-30-21-12-11-17(24)15-20(21)25/h6,8-9,11-12,15-16H,2-5,7,10,13-14H2,1H3,(H2,26,27,28,31). The summed E-state index contributed by atoms with van der Waals surface area (Å²) in [5.41, 5.74) is 0.761. The summed E-state index contributed by atoms with van der Waals surface area (Å²) in [5, 5.41) is 6.91. The Morgan fingerprint density at radius 3 is 2.58 bits per heavy atom. The van der Waals surface area contributed by atoms with E-state index in [9.17, 15) is 4.79 Å². The van der Waals surface area contributed by atoms with Crippen LogP contribution in [0.15, 0.2) is 42.5 Å². The first-order chi connectivity index (χ1) is 15.0. The van der Waals surface area contributed by atoms with Crippen LogP contribution in [0.4, 0.5) is 5.69 Å². The van der Waals surface area contributed by atoms with E-state index in [0.717, 1.165) is 17.9 Å². The number of amides is 1. The summed E-state index contributed by atoms with van der Waals surface area (Å²) < 4.78 is 11.3. The predicted octanol–water partition coefficient (Wildman–Crippen LogP) is 6.62. The Labute approximate surface area is 199 Å². The van der Waals surface area contributed by atoms with Crippen molar-refractivity contribution in [3.05, 3.63) is 52.5 Å². The van der Waals surface area contributed by atoms with Crippen LogP contribution >= 0.6 is 35.4 Å². The molecule has 0 heterocycles. The van der Waals surface area contributed by atoms with Gasteiger partial charge in [-0.3, -0.25) is 4.79 Å². The van der Waals surface area contributed by atoms with Gasteiger partial charge in [0.15, 0.2) is 5.11 Å². The third-order valence-electron chi connectivity index (χ3n) is 4.31. The van der Waals surface area contributed by atoms with Crippen LogP contribution in [-0.2, 0) is 4.79 Å². The minimum Gasteiger partial charge on any atom is -0.494 e. The van der Waals surface area contributed by atoms with Crippen molar-refractivity contribution in [3.8, 4) is 11.5 Å². The zero-order valence-electron chi connectivity index (χ0n) is 17.6. The fourth-order valence-electron chi connectivity index (χ4n) is 2.74. The highest BCUT2D eigenvalue weighted by Gasteiger charge is 2.07. The van der Waals surface area contributed by atoms with E-state index in [1.807, 2.05) is 24.3 Å². The van der Waals surface area contributed by atoms with Crippen LogP contribution < -0.4 is 20.1 Å². The molecule has 0 radical (unpaired) electrons. The van der Waals surface area contributed by atoms with Crippen molar-refractivity contribution in [1.82, 2.24) is 5.32 Å². The molecular formula is C23H28Cl2N2O3S. The Morgan fingerprint density at radius 1 is 1.00 bits per heavy atom. The first-order valence-electron chi connectivity index (χ1n) is 10.4. The largest absolute Gasteiger partial charge is 0.494 e. The van der Waals surface area contributed by atoms with Gasteiger partial charge in [-0.25, -0.2) is 0 Å². The van der Waals surface area contributed by atoms with E-state index in [-0.39, 0.29) is 17.4 Å². The Morgan fingerprint density at radius 2 is 1.81 bits per heavy atom. The number of hydrogen-bond donors (Lipinski definition) is 2. The summed E-state index contributed by atoms with van der Waals surface area (Å²) in [6.45, 7) is 3.23. The molecule has 31 heavy (non-hydrogen) atoms. The third kappa shape index (κ3) is 10.2. The number of ether oxygens (including phenoxy) is 2. The molecule has 0 unspecified atom stereocenters. The zero-order valence-corrected chi connectivity index (χ0v) is 19.9. The van der Waals surface area contributed by atoms with Crippen molar-refractivity contribution in [2.75, 3.05) is 18.5 Å². The molecule has 0 spiro atoms. The van der Waals surface area contributed by atoms with Crippen molar-refractivity contribution >= 4 is 52.1 Å². The second-order valence-corrected chi connectivity index (χ2v) is 8.22. The fourth-order valence-corrected chi connectivity index (χ4v) is 3.44. The predicted molar refractivity (Wildman–Crippen MR) is 132 cm³/mol. The average molecular weight is 483 g/mol. The molecule has 2 N–H and O–H groups in total. The van der Waals surface area contributed by atoms with Gasteiger partial charge in [0.1, 0.15) is 11.5 Å². The minimum atomic E-state index is -0.188. The summed E-state index contributed by atoms with van der Waals surface area (Å²) in [4.78, 5) is 12.1. The molecule has 0 atom stereocenters. The van der Waals surface area contributed by atoms with Gasteiger partial charge in [-0.2, -0.15) is 0 Å². The average Bonchev–Trinajstić information content (AvgIpc) is 2.72. The van der Waals surface area contributed by atoms with Crippen LogP contribution in [0.2, 0.25) is 10.0 Å². The number of benzene rings is 2. The summed E-state index contributed by atoms with van der Waals surface area (Å²) in [7, 11) is 0. The molecule has 0 fully saturated rings. The van der Waals surface area contributed by atoms with Gasteiger partial charge >= 0.3 is 0 Å². The Kier molecular flexibility index (Phi) is 11.5. The SMILES string of the molecule is CCCCCCOc1cccc(NC(=S)NC(=O)CCCOc2ccc(Cl)cc2Cl)c1. The number of nitrogens with one attached hydrogen (secondary N) is 2. The summed E-state index contributed by atoms with van der Waals surface area (Å²) >= 11 is 17.1. The lowest BCUT2D eigenvalue weighted by Crippen LogP contribution is -2.34. The smallest absolute Gasteiger partial charge is 0.226 e. The molecule has 0 aromatic heterocycles. The minimum absolute atomic E-state index is 0.188. The van der Waals surface area contributed by atoms with Gasteiger partial charge in [0.05, 0.1) is 18.2 Å². The van der Waals surface area contributed by atoms with Crippen molar-refractivity contribution in [3.63, 3.8) is 0 Å². The van der Waals surface area contributed by atoms with Gasteiger partial charge in [0.25, 0.3) is 0 Å². The van der Waals surface area contributed by atoms with Crippen LogP contribution in [0.5, 0.6) is 11.5 Å². The second-order valence-electron chi connectivity index (χ2n) is 6.97. The van der Waals surface area contributed by atoms with Gasteiger partial charge in [-0.05, 0) is 55.4 Å². The highest BCUT2D eigenvalue weighted by molar-refractivity contribution is 7.80. The van der Waals surface area contributed by atoms with Gasteiger partial charge in [-0.1, -0.05) is 55.5 Å². The number of carbonyl (C=O) groups excluding carboxylic acids is 1. The van der Waals surface area contributed by atoms with Crippen molar-refractivity contribution in [2.45, 2.75) is 45.4 Å². The third-order valence-corrected chi connectivity index (χ3v) is 5.05. The number of rotatable bonds is 12. The molecule has 0 saturated carbocycles. The lowest BCUT2D eigenvalue weighted by Gasteiger charge is -2.12. The second kappa shape index (κ2) is 14.1. The quantitative estimate of drug-likeness (QED) is 0.262. The maximum atomic E-state index is 12.1. The Balaban J connectivity index is 1.67. The first kappa shape index (κ1) is 25.2. The Bertz CT molecular complexity index is 864. The van der Waals surface area contributed by atoms with Crippen LogP contribution in [0.1, 0.15) is 45.4 Å². The summed E-state index contributed by atoms with van der Waals surface area (Å²) in [6.07, 6.45) is 5.42. The lowest BCUT2D eigenvalue weighted by atomic mass is 10.2.